The number of rotatable bonds is 5. The van der Waals surface area contributed by atoms with Gasteiger partial charge in [-0.3, -0.25) is 14.4 Å². The van der Waals surface area contributed by atoms with E-state index in [-0.39, 0.29) is 36.4 Å². The lowest BCUT2D eigenvalue weighted by Crippen LogP contribution is -2.66. The number of hydrogen-bond donors (Lipinski definition) is 1. The van der Waals surface area contributed by atoms with E-state index in [0.29, 0.717) is 5.56 Å². The van der Waals surface area contributed by atoms with Crippen LogP contribution in [0, 0.1) is 5.41 Å². The maximum Gasteiger partial charge on any atom is 0.425 e. The zero-order chi connectivity index (χ0) is 25.6. The predicted molar refractivity (Wildman–Crippen MR) is 121 cm³/mol. The van der Waals surface area contributed by atoms with Crippen molar-refractivity contribution in [2.75, 3.05) is 7.11 Å². The summed E-state index contributed by atoms with van der Waals surface area (Å²) < 4.78 is 49.6. The Bertz CT molecular complexity index is 1220. The highest BCUT2D eigenvalue weighted by Gasteiger charge is 2.71. The summed E-state index contributed by atoms with van der Waals surface area (Å²) >= 11 is 0. The van der Waals surface area contributed by atoms with E-state index >= 15 is 0 Å². The van der Waals surface area contributed by atoms with Crippen LogP contribution in [0.1, 0.15) is 42.6 Å². The van der Waals surface area contributed by atoms with E-state index in [1.54, 1.807) is 44.2 Å². The number of amides is 2. The van der Waals surface area contributed by atoms with Crippen LogP contribution in [0.5, 0.6) is 5.75 Å². The molecule has 2 aromatic rings. The van der Waals surface area contributed by atoms with E-state index in [1.807, 2.05) is 5.32 Å². The lowest BCUT2D eigenvalue weighted by Gasteiger charge is -2.35. The highest BCUT2D eigenvalue weighted by Crippen LogP contribution is 2.52. The fraction of sp³-hybridized carbons (Fsp3) is 0.346. The number of nitrogens with one attached hydrogen (secondary N) is 1. The van der Waals surface area contributed by atoms with Crippen molar-refractivity contribution < 1.29 is 32.3 Å². The van der Waals surface area contributed by atoms with Crippen LogP contribution >= 0.6 is 0 Å². The quantitative estimate of drug-likeness (QED) is 0.679. The Morgan fingerprint density at radius 1 is 1.06 bits per heavy atom. The molecular weight excluding hydrogens is 461 g/mol. The summed E-state index contributed by atoms with van der Waals surface area (Å²) in [5.74, 6) is -3.07. The van der Waals surface area contributed by atoms with Crippen LogP contribution in [-0.4, -0.2) is 41.3 Å². The molecule has 0 radical (unpaired) electrons. The van der Waals surface area contributed by atoms with E-state index in [0.717, 1.165) is 4.90 Å². The van der Waals surface area contributed by atoms with Gasteiger partial charge in [0.1, 0.15) is 5.75 Å². The van der Waals surface area contributed by atoms with Gasteiger partial charge >= 0.3 is 6.18 Å². The molecule has 0 bridgehead atoms. The molecular formula is C26H25F3N2O4. The first-order chi connectivity index (χ1) is 16.4. The third kappa shape index (κ3) is 4.19. The molecule has 1 aliphatic heterocycles. The summed E-state index contributed by atoms with van der Waals surface area (Å²) in [5, 5.41) is 1.93. The van der Waals surface area contributed by atoms with Crippen molar-refractivity contribution in [2.45, 2.75) is 44.9 Å². The van der Waals surface area contributed by atoms with E-state index in [9.17, 15) is 27.6 Å². The molecule has 4 rings (SSSR count). The van der Waals surface area contributed by atoms with Crippen LogP contribution in [0.15, 0.2) is 65.9 Å². The number of halogens is 3. The summed E-state index contributed by atoms with van der Waals surface area (Å²) in [5.41, 5.74) is -4.35. The summed E-state index contributed by atoms with van der Waals surface area (Å²) in [6, 6.07) is 14.1. The zero-order valence-electron chi connectivity index (χ0n) is 19.5. The van der Waals surface area contributed by atoms with Crippen molar-refractivity contribution in [3.8, 4) is 5.75 Å². The number of methoxy groups -OCH3 is 1. The second-order valence-electron chi connectivity index (χ2n) is 9.57. The average molecular weight is 486 g/mol. The normalized spacial score (nSPS) is 21.7. The first-order valence-electron chi connectivity index (χ1n) is 11.1. The van der Waals surface area contributed by atoms with Crippen molar-refractivity contribution in [2.24, 2.45) is 5.41 Å². The molecule has 0 unspecified atom stereocenters. The standard InChI is InChI=1S/C26H25F3N2O4/c1-24(2)13-19-21(20(32)14-24)25(26(27,28)29,23(34)31(19)15-16-8-5-4-6-9-16)30-22(33)17-10-7-11-18(12-17)35-3/h4-12H,13-15H2,1-3H3,(H,30,33)/t25-/m1/s1. The Kier molecular flexibility index (Phi) is 5.99. The van der Waals surface area contributed by atoms with Gasteiger partial charge in [-0.25, -0.2) is 0 Å². The van der Waals surface area contributed by atoms with E-state index in [1.165, 1.54) is 31.4 Å². The molecule has 0 saturated heterocycles. The van der Waals surface area contributed by atoms with Gasteiger partial charge in [-0.15, -0.1) is 0 Å². The molecule has 1 atom stereocenters. The number of hydrogen-bond acceptors (Lipinski definition) is 4. The van der Waals surface area contributed by atoms with Crippen LogP contribution in [0.4, 0.5) is 13.2 Å². The molecule has 0 fully saturated rings. The van der Waals surface area contributed by atoms with Gasteiger partial charge in [-0.2, -0.15) is 13.2 Å². The van der Waals surface area contributed by atoms with Crippen LogP contribution in [0.25, 0.3) is 0 Å². The molecule has 1 aliphatic carbocycles. The molecule has 2 aromatic carbocycles. The maximum absolute atomic E-state index is 14.9. The average Bonchev–Trinajstić information content (AvgIpc) is 3.02. The number of ether oxygens (including phenoxy) is 1. The smallest absolute Gasteiger partial charge is 0.425 e. The Morgan fingerprint density at radius 2 is 1.74 bits per heavy atom. The van der Waals surface area contributed by atoms with Crippen LogP contribution in [0.3, 0.4) is 0 Å². The summed E-state index contributed by atoms with van der Waals surface area (Å²) in [6.07, 6.45) is -5.35. The van der Waals surface area contributed by atoms with Crippen LogP contribution < -0.4 is 10.1 Å². The second-order valence-corrected chi connectivity index (χ2v) is 9.57. The highest BCUT2D eigenvalue weighted by atomic mass is 19.4. The number of Topliss-reactive ketones (excluding diaryl/α,β-unsaturated/α-hetero) is 1. The Morgan fingerprint density at radius 3 is 2.37 bits per heavy atom. The number of nitrogens with zero attached hydrogens (tertiary/aromatic N) is 1. The molecule has 1 heterocycles. The molecule has 6 nitrogen and oxygen atoms in total. The lowest BCUT2D eigenvalue weighted by atomic mass is 9.72. The number of allylic oxidation sites excluding steroid dienone is 1. The van der Waals surface area contributed by atoms with Gasteiger partial charge in [-0.05, 0) is 35.6 Å². The Balaban J connectivity index is 1.86. The van der Waals surface area contributed by atoms with Gasteiger partial charge in [-0.1, -0.05) is 50.2 Å². The molecule has 9 heteroatoms. The van der Waals surface area contributed by atoms with Gasteiger partial charge in [0, 0.05) is 17.7 Å². The Labute approximate surface area is 200 Å². The third-order valence-corrected chi connectivity index (χ3v) is 6.36. The largest absolute Gasteiger partial charge is 0.497 e. The minimum absolute atomic E-state index is 0.00312. The van der Waals surface area contributed by atoms with Crippen molar-refractivity contribution in [3.05, 3.63) is 77.0 Å². The molecule has 2 aliphatic rings. The molecule has 1 N–H and O–H groups in total. The number of carbonyl (C=O) groups is 3. The third-order valence-electron chi connectivity index (χ3n) is 6.36. The summed E-state index contributed by atoms with van der Waals surface area (Å²) in [4.78, 5) is 40.9. The van der Waals surface area contributed by atoms with Gasteiger partial charge in [0.15, 0.2) is 5.78 Å². The number of carbonyl (C=O) groups excluding carboxylic acids is 3. The summed E-state index contributed by atoms with van der Waals surface area (Å²) in [6.45, 7) is 3.37. The van der Waals surface area contributed by atoms with Gasteiger partial charge in [0.2, 0.25) is 5.54 Å². The predicted octanol–water partition coefficient (Wildman–Crippen LogP) is 4.41. The number of ketones is 1. The number of alkyl halides is 3. The Hall–Kier alpha value is -3.62. The summed E-state index contributed by atoms with van der Waals surface area (Å²) in [7, 11) is 1.36. The second kappa shape index (κ2) is 8.55. The molecule has 0 spiro atoms. The first kappa shape index (κ1) is 24.5. The molecule has 0 aromatic heterocycles. The van der Waals surface area contributed by atoms with E-state index in [2.05, 4.69) is 0 Å². The van der Waals surface area contributed by atoms with Gasteiger partial charge in [0.25, 0.3) is 11.8 Å². The van der Waals surface area contributed by atoms with Gasteiger partial charge in [0.05, 0.1) is 19.2 Å². The molecule has 35 heavy (non-hydrogen) atoms. The SMILES string of the molecule is COc1cccc(C(=O)N[C@@]2(C(F)(F)F)C(=O)N(Cc3ccccc3)C3=C2C(=O)CC(C)(C)C3)c1. The van der Waals surface area contributed by atoms with Gasteiger partial charge < -0.3 is 15.0 Å². The highest BCUT2D eigenvalue weighted by molar-refractivity contribution is 6.14. The maximum atomic E-state index is 14.9. The molecule has 184 valence electrons. The fourth-order valence-electron chi connectivity index (χ4n) is 4.77. The minimum atomic E-state index is -5.26. The number of benzene rings is 2. The van der Waals surface area contributed by atoms with Crippen molar-refractivity contribution in [1.29, 1.82) is 0 Å². The van der Waals surface area contributed by atoms with Crippen LogP contribution in [0.2, 0.25) is 0 Å². The van der Waals surface area contributed by atoms with E-state index in [4.69, 9.17) is 4.74 Å². The van der Waals surface area contributed by atoms with Crippen molar-refractivity contribution in [3.63, 3.8) is 0 Å². The fourth-order valence-corrected chi connectivity index (χ4v) is 4.77. The molecule has 0 saturated carbocycles. The minimum Gasteiger partial charge on any atom is -0.497 e. The monoisotopic (exact) mass is 486 g/mol. The molecule has 2 amide bonds. The first-order valence-corrected chi connectivity index (χ1v) is 11.1. The van der Waals surface area contributed by atoms with Crippen LogP contribution in [-0.2, 0) is 16.1 Å². The van der Waals surface area contributed by atoms with E-state index < -0.39 is 40.3 Å². The van der Waals surface area contributed by atoms with Crippen molar-refractivity contribution in [1.82, 2.24) is 10.2 Å². The topological polar surface area (TPSA) is 75.7 Å². The lowest BCUT2D eigenvalue weighted by molar-refractivity contribution is -0.190. The zero-order valence-corrected chi connectivity index (χ0v) is 19.5. The van der Waals surface area contributed by atoms with Crippen molar-refractivity contribution >= 4 is 17.6 Å².